The summed E-state index contributed by atoms with van der Waals surface area (Å²) in [6.45, 7) is 4.79. The Morgan fingerprint density at radius 3 is 3.15 bits per heavy atom. The molecule has 1 unspecified atom stereocenters. The second kappa shape index (κ2) is 5.62. The highest BCUT2D eigenvalue weighted by molar-refractivity contribution is 5.87. The lowest BCUT2D eigenvalue weighted by atomic mass is 10.3. The van der Waals surface area contributed by atoms with Gasteiger partial charge in [-0.1, -0.05) is 6.92 Å². The Morgan fingerprint density at radius 1 is 1.50 bits per heavy atom. The molecule has 1 fully saturated rings. The quantitative estimate of drug-likeness (QED) is 0.859. The van der Waals surface area contributed by atoms with E-state index in [0.29, 0.717) is 5.95 Å². The average Bonchev–Trinajstić information content (AvgIpc) is 3.12. The summed E-state index contributed by atoms with van der Waals surface area (Å²) in [5.74, 6) is 1.58. The van der Waals surface area contributed by atoms with Crippen molar-refractivity contribution in [1.82, 2.24) is 20.2 Å². The van der Waals surface area contributed by atoms with Crippen LogP contribution in [0, 0.1) is 0 Å². The maximum absolute atomic E-state index is 5.43. The van der Waals surface area contributed by atoms with Gasteiger partial charge in [-0.15, -0.1) is 0 Å². The number of anilines is 2. The molecule has 0 saturated carbocycles. The van der Waals surface area contributed by atoms with Crippen LogP contribution < -0.4 is 10.2 Å². The van der Waals surface area contributed by atoms with Crippen LogP contribution in [0.15, 0.2) is 6.20 Å². The minimum Gasteiger partial charge on any atom is -0.380 e. The van der Waals surface area contributed by atoms with Crippen molar-refractivity contribution < 1.29 is 4.74 Å². The monoisotopic (exact) mass is 276 g/mol. The van der Waals surface area contributed by atoms with Crippen molar-refractivity contribution in [3.8, 4) is 0 Å². The zero-order valence-corrected chi connectivity index (χ0v) is 11.9. The molecule has 20 heavy (non-hydrogen) atoms. The number of hydrogen-bond donors (Lipinski definition) is 2. The fourth-order valence-electron chi connectivity index (χ4n) is 2.49. The van der Waals surface area contributed by atoms with Crippen molar-refractivity contribution in [1.29, 1.82) is 0 Å². The lowest BCUT2D eigenvalue weighted by Crippen LogP contribution is -2.24. The summed E-state index contributed by atoms with van der Waals surface area (Å²) in [7, 11) is 1.76. The van der Waals surface area contributed by atoms with E-state index in [-0.39, 0.29) is 6.10 Å². The van der Waals surface area contributed by atoms with Gasteiger partial charge in [0.05, 0.1) is 17.7 Å². The minimum absolute atomic E-state index is 0.277. The van der Waals surface area contributed by atoms with Gasteiger partial charge in [-0.25, -0.2) is 0 Å². The van der Waals surface area contributed by atoms with Crippen LogP contribution >= 0.6 is 0 Å². The van der Waals surface area contributed by atoms with Crippen molar-refractivity contribution in [3.63, 3.8) is 0 Å². The van der Waals surface area contributed by atoms with Gasteiger partial charge in [-0.05, 0) is 12.8 Å². The van der Waals surface area contributed by atoms with E-state index in [0.717, 1.165) is 49.3 Å². The molecule has 0 aliphatic carbocycles. The average molecular weight is 276 g/mol. The molecule has 108 valence electrons. The smallest absolute Gasteiger partial charge is 0.226 e. The van der Waals surface area contributed by atoms with Crippen molar-refractivity contribution in [2.24, 2.45) is 0 Å². The lowest BCUT2D eigenvalue weighted by molar-refractivity contribution is 0.121. The van der Waals surface area contributed by atoms with Gasteiger partial charge in [0.15, 0.2) is 5.65 Å². The molecule has 3 rings (SSSR count). The summed E-state index contributed by atoms with van der Waals surface area (Å²) in [4.78, 5) is 11.3. The molecule has 1 aliphatic heterocycles. The predicted octanol–water partition coefficient (Wildman–Crippen LogP) is 1.40. The van der Waals surface area contributed by atoms with E-state index in [1.54, 1.807) is 13.3 Å². The molecule has 1 saturated heterocycles. The van der Waals surface area contributed by atoms with Gasteiger partial charge in [-0.3, -0.25) is 5.10 Å². The molecule has 0 aromatic carbocycles. The van der Waals surface area contributed by atoms with E-state index in [1.165, 1.54) is 0 Å². The number of aromatic nitrogens is 4. The molecule has 7 nitrogen and oxygen atoms in total. The number of fused-ring (bicyclic) bond motifs is 1. The SMILES string of the molecule is CCCNc1nc(N2CCC(OC)C2)c2cn[nH]c2n1. The maximum Gasteiger partial charge on any atom is 0.226 e. The van der Waals surface area contributed by atoms with E-state index in [9.17, 15) is 0 Å². The van der Waals surface area contributed by atoms with Crippen molar-refractivity contribution in [2.45, 2.75) is 25.9 Å². The van der Waals surface area contributed by atoms with Gasteiger partial charge in [0.2, 0.25) is 5.95 Å². The molecule has 7 heteroatoms. The number of methoxy groups -OCH3 is 1. The first-order valence-corrected chi connectivity index (χ1v) is 7.04. The van der Waals surface area contributed by atoms with E-state index >= 15 is 0 Å². The molecule has 3 heterocycles. The summed E-state index contributed by atoms with van der Waals surface area (Å²) in [6, 6.07) is 0. The highest BCUT2D eigenvalue weighted by Crippen LogP contribution is 2.27. The number of aromatic amines is 1. The van der Waals surface area contributed by atoms with Crippen LogP contribution in [0.4, 0.5) is 11.8 Å². The summed E-state index contributed by atoms with van der Waals surface area (Å²) in [5, 5.41) is 11.2. The number of nitrogens with zero attached hydrogens (tertiary/aromatic N) is 4. The molecular weight excluding hydrogens is 256 g/mol. The second-order valence-electron chi connectivity index (χ2n) is 5.02. The van der Waals surface area contributed by atoms with Crippen LogP contribution in [0.5, 0.6) is 0 Å². The van der Waals surface area contributed by atoms with E-state index in [1.807, 2.05) is 0 Å². The van der Waals surface area contributed by atoms with Crippen LogP contribution in [-0.4, -0.2) is 53.0 Å². The Hall–Kier alpha value is -1.89. The topological polar surface area (TPSA) is 79.0 Å². The Balaban J connectivity index is 1.93. The molecule has 0 bridgehead atoms. The zero-order chi connectivity index (χ0) is 13.9. The van der Waals surface area contributed by atoms with Gasteiger partial charge in [0.1, 0.15) is 5.82 Å². The number of H-pyrrole nitrogens is 1. The largest absolute Gasteiger partial charge is 0.380 e. The fraction of sp³-hybridized carbons (Fsp3) is 0.615. The van der Waals surface area contributed by atoms with Crippen molar-refractivity contribution in [3.05, 3.63) is 6.20 Å². The predicted molar refractivity (Wildman–Crippen MR) is 78.1 cm³/mol. The van der Waals surface area contributed by atoms with E-state index in [4.69, 9.17) is 4.74 Å². The highest BCUT2D eigenvalue weighted by Gasteiger charge is 2.25. The van der Waals surface area contributed by atoms with Crippen molar-refractivity contribution >= 4 is 22.8 Å². The second-order valence-corrected chi connectivity index (χ2v) is 5.02. The summed E-state index contributed by atoms with van der Waals surface area (Å²) < 4.78 is 5.43. The third-order valence-corrected chi connectivity index (χ3v) is 3.60. The van der Waals surface area contributed by atoms with Crippen LogP contribution in [0.2, 0.25) is 0 Å². The first-order chi connectivity index (χ1) is 9.81. The number of rotatable bonds is 5. The van der Waals surface area contributed by atoms with Crippen LogP contribution in [-0.2, 0) is 4.74 Å². The van der Waals surface area contributed by atoms with Crippen LogP contribution in [0.3, 0.4) is 0 Å². The van der Waals surface area contributed by atoms with Gasteiger partial charge in [-0.2, -0.15) is 15.1 Å². The third kappa shape index (κ3) is 2.40. The maximum atomic E-state index is 5.43. The minimum atomic E-state index is 0.277. The summed E-state index contributed by atoms with van der Waals surface area (Å²) >= 11 is 0. The van der Waals surface area contributed by atoms with Crippen LogP contribution in [0.1, 0.15) is 19.8 Å². The third-order valence-electron chi connectivity index (χ3n) is 3.60. The molecule has 2 aromatic rings. The van der Waals surface area contributed by atoms with Gasteiger partial charge in [0, 0.05) is 26.7 Å². The Labute approximate surface area is 117 Å². The lowest BCUT2D eigenvalue weighted by Gasteiger charge is -2.18. The molecule has 0 amide bonds. The molecule has 2 N–H and O–H groups in total. The molecule has 1 aliphatic rings. The van der Waals surface area contributed by atoms with Crippen LogP contribution in [0.25, 0.3) is 11.0 Å². The molecule has 0 spiro atoms. The first-order valence-electron chi connectivity index (χ1n) is 7.04. The number of nitrogens with one attached hydrogen (secondary N) is 2. The van der Waals surface area contributed by atoms with Crippen molar-refractivity contribution in [2.75, 3.05) is 37.0 Å². The Morgan fingerprint density at radius 2 is 2.40 bits per heavy atom. The summed E-state index contributed by atoms with van der Waals surface area (Å²) in [5.41, 5.74) is 0.773. The standard InChI is InChI=1S/C13H20N6O/c1-3-5-14-13-16-11-10(7-15-18-11)12(17-13)19-6-4-9(8-19)20-2/h7,9H,3-6,8H2,1-2H3,(H2,14,15,16,17,18). The number of ether oxygens (including phenoxy) is 1. The van der Waals surface area contributed by atoms with Gasteiger partial charge < -0.3 is 15.0 Å². The Bertz CT molecular complexity index is 583. The number of hydrogen-bond acceptors (Lipinski definition) is 6. The molecular formula is C13H20N6O. The van der Waals surface area contributed by atoms with Gasteiger partial charge in [0.25, 0.3) is 0 Å². The molecule has 2 aromatic heterocycles. The summed E-state index contributed by atoms with van der Waals surface area (Å²) in [6.07, 6.45) is 4.13. The van der Waals surface area contributed by atoms with Gasteiger partial charge >= 0.3 is 0 Å². The first kappa shape index (κ1) is 13.1. The fourth-order valence-corrected chi connectivity index (χ4v) is 2.49. The Kier molecular flexibility index (Phi) is 3.68. The normalized spacial score (nSPS) is 18.9. The molecule has 1 atom stereocenters. The van der Waals surface area contributed by atoms with E-state index < -0.39 is 0 Å². The van der Waals surface area contributed by atoms with E-state index in [2.05, 4.69) is 37.3 Å². The zero-order valence-electron chi connectivity index (χ0n) is 11.9. The highest BCUT2D eigenvalue weighted by atomic mass is 16.5. The molecule has 0 radical (unpaired) electrons.